The summed E-state index contributed by atoms with van der Waals surface area (Å²) in [5, 5.41) is 5.79. The minimum Gasteiger partial charge on any atom is -0.382 e. The molecule has 0 saturated carbocycles. The maximum absolute atomic E-state index is 11.6. The van der Waals surface area contributed by atoms with E-state index in [4.69, 9.17) is 9.47 Å². The molecule has 150 valence electrons. The molecule has 10 heteroatoms. The van der Waals surface area contributed by atoms with Crippen molar-refractivity contribution in [2.24, 2.45) is 10.9 Å². The van der Waals surface area contributed by atoms with Gasteiger partial charge in [-0.1, -0.05) is 0 Å². The Bertz CT molecular complexity index is 475. The molecule has 0 aliphatic carbocycles. The molecule has 3 amide bonds. The second-order valence-corrected chi connectivity index (χ2v) is 6.11. The lowest BCUT2D eigenvalue weighted by Gasteiger charge is -2.22. The largest absolute Gasteiger partial charge is 0.382 e. The van der Waals surface area contributed by atoms with Crippen LogP contribution < -0.4 is 10.6 Å². The number of hydrogen-bond acceptors (Lipinski definition) is 5. The Morgan fingerprint density at radius 1 is 1.38 bits per heavy atom. The molecule has 0 spiro atoms. The summed E-state index contributed by atoms with van der Waals surface area (Å²) in [5.41, 5.74) is 0. The molecule has 2 aliphatic heterocycles. The highest BCUT2D eigenvalue weighted by Gasteiger charge is 2.28. The first-order chi connectivity index (χ1) is 12.2. The number of amides is 3. The number of carbonyl (C=O) groups excluding carboxylic acids is 2. The van der Waals surface area contributed by atoms with Crippen LogP contribution >= 0.6 is 24.0 Å². The molecule has 2 saturated heterocycles. The van der Waals surface area contributed by atoms with E-state index in [-0.39, 0.29) is 42.5 Å². The molecule has 2 aliphatic rings. The van der Waals surface area contributed by atoms with Crippen LogP contribution in [0.15, 0.2) is 4.99 Å². The first kappa shape index (κ1) is 22.9. The van der Waals surface area contributed by atoms with Gasteiger partial charge in [-0.05, 0) is 13.3 Å². The lowest BCUT2D eigenvalue weighted by Crippen LogP contribution is -2.41. The highest BCUT2D eigenvalue weighted by molar-refractivity contribution is 14.0. The van der Waals surface area contributed by atoms with Gasteiger partial charge in [-0.25, -0.2) is 4.79 Å². The van der Waals surface area contributed by atoms with Crippen LogP contribution in [0.25, 0.3) is 0 Å². The minimum atomic E-state index is -0.334. The highest BCUT2D eigenvalue weighted by Crippen LogP contribution is 2.16. The van der Waals surface area contributed by atoms with Crippen LogP contribution in [0.2, 0.25) is 0 Å². The normalized spacial score (nSPS) is 20.4. The third-order valence-electron chi connectivity index (χ3n) is 4.23. The summed E-state index contributed by atoms with van der Waals surface area (Å²) in [5.74, 6) is 1.11. The van der Waals surface area contributed by atoms with Crippen LogP contribution in [0.1, 0.15) is 13.3 Å². The third kappa shape index (κ3) is 6.88. The van der Waals surface area contributed by atoms with Gasteiger partial charge in [-0.2, -0.15) is 0 Å². The zero-order valence-electron chi connectivity index (χ0n) is 15.5. The molecule has 2 N–H and O–H groups in total. The Balaban J connectivity index is 0.00000338. The Hall–Kier alpha value is -1.14. The Kier molecular flexibility index (Phi) is 10.8. The Morgan fingerprint density at radius 2 is 2.19 bits per heavy atom. The number of likely N-dealkylation sites (tertiary alicyclic amines) is 1. The number of aliphatic imine (C=N–C) groups is 1. The molecule has 0 aromatic rings. The summed E-state index contributed by atoms with van der Waals surface area (Å²) >= 11 is 0. The predicted octanol–water partition coefficient (Wildman–Crippen LogP) is 0.107. The van der Waals surface area contributed by atoms with Gasteiger partial charge in [0.05, 0.1) is 39.5 Å². The number of hydrogen-bond donors (Lipinski definition) is 2. The summed E-state index contributed by atoms with van der Waals surface area (Å²) in [6.45, 7) is 7.35. The van der Waals surface area contributed by atoms with Gasteiger partial charge < -0.3 is 25.0 Å². The van der Waals surface area contributed by atoms with E-state index in [1.54, 1.807) is 7.11 Å². The van der Waals surface area contributed by atoms with Gasteiger partial charge >= 0.3 is 6.03 Å². The summed E-state index contributed by atoms with van der Waals surface area (Å²) in [6, 6.07) is -0.334. The highest BCUT2D eigenvalue weighted by atomic mass is 127. The van der Waals surface area contributed by atoms with Gasteiger partial charge in [0.2, 0.25) is 5.91 Å². The maximum Gasteiger partial charge on any atom is 0.324 e. The molecular formula is C16H30IN5O4. The molecule has 0 bridgehead atoms. The van der Waals surface area contributed by atoms with Crippen molar-refractivity contribution >= 4 is 41.9 Å². The van der Waals surface area contributed by atoms with Crippen molar-refractivity contribution in [3.63, 3.8) is 0 Å². The smallest absolute Gasteiger partial charge is 0.324 e. The molecule has 9 nitrogen and oxygen atoms in total. The van der Waals surface area contributed by atoms with Crippen LogP contribution in [0.5, 0.6) is 0 Å². The molecular weight excluding hydrogens is 453 g/mol. The minimum absolute atomic E-state index is 0. The van der Waals surface area contributed by atoms with Crippen molar-refractivity contribution < 1.29 is 19.1 Å². The number of nitrogens with one attached hydrogen (secondary N) is 2. The van der Waals surface area contributed by atoms with E-state index in [0.29, 0.717) is 32.2 Å². The number of urea groups is 1. The first-order valence-electron chi connectivity index (χ1n) is 8.83. The van der Waals surface area contributed by atoms with Gasteiger partial charge in [0.25, 0.3) is 0 Å². The zero-order valence-corrected chi connectivity index (χ0v) is 17.9. The van der Waals surface area contributed by atoms with Gasteiger partial charge in [0, 0.05) is 32.7 Å². The zero-order chi connectivity index (χ0) is 18.1. The first-order valence-corrected chi connectivity index (χ1v) is 8.83. The molecule has 1 atom stereocenters. The van der Waals surface area contributed by atoms with Crippen molar-refractivity contribution in [1.82, 2.24) is 20.4 Å². The second-order valence-electron chi connectivity index (χ2n) is 6.11. The van der Waals surface area contributed by atoms with Crippen LogP contribution in [0, 0.1) is 5.92 Å². The summed E-state index contributed by atoms with van der Waals surface area (Å²) in [7, 11) is 1.67. The number of carbonyl (C=O) groups is 2. The van der Waals surface area contributed by atoms with Crippen LogP contribution in [0.4, 0.5) is 4.79 Å². The van der Waals surface area contributed by atoms with E-state index in [1.807, 2.05) is 6.92 Å². The van der Waals surface area contributed by atoms with Crippen molar-refractivity contribution in [1.29, 1.82) is 0 Å². The van der Waals surface area contributed by atoms with E-state index >= 15 is 0 Å². The molecule has 2 rings (SSSR count). The third-order valence-corrected chi connectivity index (χ3v) is 4.23. The molecule has 0 aromatic heterocycles. The average Bonchev–Trinajstić information content (AvgIpc) is 3.19. The average molecular weight is 483 g/mol. The topological polar surface area (TPSA) is 95.5 Å². The van der Waals surface area contributed by atoms with Gasteiger partial charge in [-0.15, -0.1) is 24.0 Å². The van der Waals surface area contributed by atoms with E-state index in [0.717, 1.165) is 38.6 Å². The van der Waals surface area contributed by atoms with Crippen LogP contribution in [-0.2, 0) is 14.3 Å². The standard InChI is InChI=1S/C16H29N5O4.HI/c1-3-17-15(18-5-7-21-14(22)10-19-16(21)23)20-6-4-13(11-20)12-25-9-8-24-2;/h13H,3-12H2,1-2H3,(H,17,18)(H,19,23);1H. The lowest BCUT2D eigenvalue weighted by molar-refractivity contribution is -0.124. The van der Waals surface area contributed by atoms with E-state index in [2.05, 4.69) is 20.5 Å². The van der Waals surface area contributed by atoms with Crippen LogP contribution in [0.3, 0.4) is 0 Å². The maximum atomic E-state index is 11.6. The van der Waals surface area contributed by atoms with Gasteiger partial charge in [0.1, 0.15) is 0 Å². The summed E-state index contributed by atoms with van der Waals surface area (Å²) in [6.07, 6.45) is 1.06. The quantitative estimate of drug-likeness (QED) is 0.159. The predicted molar refractivity (Wildman–Crippen MR) is 109 cm³/mol. The van der Waals surface area contributed by atoms with Gasteiger partial charge in [-0.3, -0.25) is 14.7 Å². The van der Waals surface area contributed by atoms with Crippen molar-refractivity contribution in [2.75, 3.05) is 66.2 Å². The molecule has 2 fully saturated rings. The second kappa shape index (κ2) is 12.3. The fourth-order valence-electron chi connectivity index (χ4n) is 2.92. The number of imide groups is 1. The Labute approximate surface area is 171 Å². The van der Waals surface area contributed by atoms with Crippen molar-refractivity contribution in [3.05, 3.63) is 0 Å². The monoisotopic (exact) mass is 483 g/mol. The summed E-state index contributed by atoms with van der Waals surface area (Å²) < 4.78 is 10.6. The molecule has 0 radical (unpaired) electrons. The lowest BCUT2D eigenvalue weighted by atomic mass is 10.1. The SMILES string of the molecule is CCNC(=NCCN1C(=O)CNC1=O)N1CCC(COCCOC)C1.I. The van der Waals surface area contributed by atoms with E-state index in [9.17, 15) is 9.59 Å². The molecule has 26 heavy (non-hydrogen) atoms. The number of methoxy groups -OCH3 is 1. The number of rotatable bonds is 9. The van der Waals surface area contributed by atoms with Crippen molar-refractivity contribution in [3.8, 4) is 0 Å². The molecule has 2 heterocycles. The Morgan fingerprint density at radius 3 is 2.85 bits per heavy atom. The number of nitrogens with zero attached hydrogens (tertiary/aromatic N) is 3. The fourth-order valence-corrected chi connectivity index (χ4v) is 2.92. The molecule has 0 aromatic carbocycles. The number of guanidine groups is 1. The van der Waals surface area contributed by atoms with Crippen molar-refractivity contribution in [2.45, 2.75) is 13.3 Å². The van der Waals surface area contributed by atoms with E-state index < -0.39 is 0 Å². The van der Waals surface area contributed by atoms with E-state index in [1.165, 1.54) is 4.90 Å². The van der Waals surface area contributed by atoms with Crippen LogP contribution in [-0.4, -0.2) is 93.9 Å². The number of ether oxygens (including phenoxy) is 2. The van der Waals surface area contributed by atoms with Gasteiger partial charge in [0.15, 0.2) is 5.96 Å². The summed E-state index contributed by atoms with van der Waals surface area (Å²) in [4.78, 5) is 31.1. The molecule has 1 unspecified atom stereocenters. The fraction of sp³-hybridized carbons (Fsp3) is 0.812. The number of halogens is 1.